The summed E-state index contributed by atoms with van der Waals surface area (Å²) in [6, 6.07) is 12.8. The first-order valence-corrected chi connectivity index (χ1v) is 8.26. The van der Waals surface area contributed by atoms with Crippen LogP contribution in [0.3, 0.4) is 0 Å². The normalized spacial score (nSPS) is 18.0. The zero-order valence-corrected chi connectivity index (χ0v) is 14.7. The van der Waals surface area contributed by atoms with Gasteiger partial charge in [0.2, 0.25) is 0 Å². The summed E-state index contributed by atoms with van der Waals surface area (Å²) >= 11 is 0. The van der Waals surface area contributed by atoms with Crippen LogP contribution in [-0.2, 0) is 0 Å². The molecule has 0 saturated carbocycles. The molecule has 0 amide bonds. The van der Waals surface area contributed by atoms with Crippen molar-refractivity contribution in [2.24, 2.45) is 5.41 Å². The Balaban J connectivity index is 2.31. The summed E-state index contributed by atoms with van der Waals surface area (Å²) in [5, 5.41) is 11.2. The van der Waals surface area contributed by atoms with E-state index in [-0.39, 0.29) is 11.3 Å². The van der Waals surface area contributed by atoms with Crippen LogP contribution in [0.15, 0.2) is 59.7 Å². The van der Waals surface area contributed by atoms with Crippen molar-refractivity contribution < 1.29 is 0 Å². The summed E-state index contributed by atoms with van der Waals surface area (Å²) in [6.07, 6.45) is 4.57. The molecule has 1 atom stereocenters. The van der Waals surface area contributed by atoms with Crippen LogP contribution in [0.1, 0.15) is 51.7 Å². The van der Waals surface area contributed by atoms with Crippen LogP contribution < -0.4 is 0 Å². The highest BCUT2D eigenvalue weighted by Crippen LogP contribution is 2.39. The second-order valence-electron chi connectivity index (χ2n) is 7.65. The van der Waals surface area contributed by atoms with Crippen LogP contribution >= 0.6 is 0 Å². The van der Waals surface area contributed by atoms with Crippen molar-refractivity contribution in [2.45, 2.75) is 40.5 Å². The quantitative estimate of drug-likeness (QED) is 0.635. The molecule has 0 aromatic heterocycles. The van der Waals surface area contributed by atoms with Crippen LogP contribution in [0.2, 0.25) is 0 Å². The number of benzene rings is 2. The van der Waals surface area contributed by atoms with Gasteiger partial charge in [0.15, 0.2) is 0 Å². The molecule has 0 fully saturated rings. The van der Waals surface area contributed by atoms with Crippen molar-refractivity contribution in [2.75, 3.05) is 0 Å². The lowest BCUT2D eigenvalue weighted by atomic mass is 9.78. The Kier molecular flexibility index (Phi) is 3.75. The maximum atomic E-state index is 8.84. The van der Waals surface area contributed by atoms with Crippen molar-refractivity contribution >= 4 is 16.5 Å². The highest BCUT2D eigenvalue weighted by atomic mass is 14.5. The summed E-state index contributed by atoms with van der Waals surface area (Å²) in [5.41, 5.74) is 5.59. The van der Waals surface area contributed by atoms with Crippen molar-refractivity contribution in [3.63, 3.8) is 0 Å². The monoisotopic (exact) mass is 303 g/mol. The number of allylic oxidation sites excluding steroid dienone is 4. The van der Waals surface area contributed by atoms with E-state index in [0.717, 1.165) is 11.3 Å². The molecule has 3 rings (SSSR count). The summed E-state index contributed by atoms with van der Waals surface area (Å²) in [5.74, 6) is 0.289. The van der Waals surface area contributed by atoms with Crippen LogP contribution in [-0.4, -0.2) is 5.71 Å². The third-order valence-corrected chi connectivity index (χ3v) is 4.67. The largest absolute Gasteiger partial charge is 0.304 e. The van der Waals surface area contributed by atoms with Gasteiger partial charge >= 0.3 is 0 Å². The Labute approximate surface area is 139 Å². The minimum Gasteiger partial charge on any atom is -0.304 e. The molecule has 1 unspecified atom stereocenters. The molecule has 0 saturated heterocycles. The zero-order chi connectivity index (χ0) is 16.8. The average molecular weight is 303 g/mol. The second-order valence-corrected chi connectivity index (χ2v) is 7.65. The molecule has 1 aliphatic carbocycles. The van der Waals surface area contributed by atoms with E-state index in [1.807, 2.05) is 0 Å². The van der Waals surface area contributed by atoms with Gasteiger partial charge in [-0.05, 0) is 30.2 Å². The van der Waals surface area contributed by atoms with Gasteiger partial charge in [-0.2, -0.15) is 0 Å². The average Bonchev–Trinajstić information content (AvgIpc) is 2.83. The molecular formula is C22H25N. The molecule has 0 bridgehead atoms. The van der Waals surface area contributed by atoms with E-state index in [0.29, 0.717) is 0 Å². The lowest BCUT2D eigenvalue weighted by molar-refractivity contribution is 0.588. The molecule has 1 heteroatoms. The van der Waals surface area contributed by atoms with E-state index < -0.39 is 0 Å². The summed E-state index contributed by atoms with van der Waals surface area (Å²) in [4.78, 5) is 0. The van der Waals surface area contributed by atoms with E-state index in [1.165, 1.54) is 27.5 Å². The van der Waals surface area contributed by atoms with Gasteiger partial charge in [0.05, 0.1) is 0 Å². The molecule has 118 valence electrons. The standard InChI is InChI=1S/C22H25N/c1-14-12-15(2)19(13-14)18-11-10-16-8-6-7-9-17(16)20(18)21(23)22(3,4)5/h6-13,19,23H,1-5H3. The first kappa shape index (κ1) is 15.7. The van der Waals surface area contributed by atoms with Gasteiger partial charge in [0, 0.05) is 22.6 Å². The number of fused-ring (bicyclic) bond motifs is 1. The lowest BCUT2D eigenvalue weighted by Gasteiger charge is -2.26. The predicted octanol–water partition coefficient (Wildman–Crippen LogP) is 6.24. The molecule has 0 heterocycles. The van der Waals surface area contributed by atoms with Gasteiger partial charge in [0.1, 0.15) is 0 Å². The van der Waals surface area contributed by atoms with Gasteiger partial charge in [-0.15, -0.1) is 0 Å². The molecule has 0 spiro atoms. The number of nitrogens with one attached hydrogen (secondary N) is 1. The molecular weight excluding hydrogens is 278 g/mol. The molecule has 1 nitrogen and oxygen atoms in total. The van der Waals surface area contributed by atoms with Gasteiger partial charge in [-0.25, -0.2) is 0 Å². The predicted molar refractivity (Wildman–Crippen MR) is 100 cm³/mol. The highest BCUT2D eigenvalue weighted by Gasteiger charge is 2.27. The zero-order valence-electron chi connectivity index (χ0n) is 14.7. The highest BCUT2D eigenvalue weighted by molar-refractivity contribution is 6.13. The van der Waals surface area contributed by atoms with Crippen molar-refractivity contribution in [1.82, 2.24) is 0 Å². The SMILES string of the molecule is CC1=CC(c2ccc3ccccc3c2C(=N)C(C)(C)C)C(C)=C1. The van der Waals surface area contributed by atoms with E-state index in [4.69, 9.17) is 5.41 Å². The molecule has 1 N–H and O–H groups in total. The lowest BCUT2D eigenvalue weighted by Crippen LogP contribution is -2.22. The Morgan fingerprint density at radius 1 is 1.00 bits per heavy atom. The van der Waals surface area contributed by atoms with E-state index in [9.17, 15) is 0 Å². The fourth-order valence-electron chi connectivity index (χ4n) is 3.43. The first-order valence-electron chi connectivity index (χ1n) is 8.26. The van der Waals surface area contributed by atoms with Crippen molar-refractivity contribution in [1.29, 1.82) is 5.41 Å². The van der Waals surface area contributed by atoms with Gasteiger partial charge in [0.25, 0.3) is 0 Å². The van der Waals surface area contributed by atoms with Crippen LogP contribution in [0.4, 0.5) is 0 Å². The van der Waals surface area contributed by atoms with Crippen LogP contribution in [0.5, 0.6) is 0 Å². The Morgan fingerprint density at radius 3 is 2.30 bits per heavy atom. The Morgan fingerprint density at radius 2 is 1.70 bits per heavy atom. The summed E-state index contributed by atoms with van der Waals surface area (Å²) in [6.45, 7) is 10.7. The van der Waals surface area contributed by atoms with Gasteiger partial charge < -0.3 is 5.41 Å². The Hall–Kier alpha value is -2.15. The van der Waals surface area contributed by atoms with Gasteiger partial charge in [-0.1, -0.05) is 80.5 Å². The number of rotatable bonds is 2. The maximum Gasteiger partial charge on any atom is 0.0448 e. The minimum absolute atomic E-state index is 0.173. The summed E-state index contributed by atoms with van der Waals surface area (Å²) in [7, 11) is 0. The Bertz CT molecular complexity index is 844. The van der Waals surface area contributed by atoms with Crippen LogP contribution in [0, 0.1) is 10.8 Å². The third kappa shape index (κ3) is 2.76. The number of hydrogen-bond acceptors (Lipinski definition) is 1. The molecule has 0 radical (unpaired) electrons. The fraction of sp³-hybridized carbons (Fsp3) is 0.318. The van der Waals surface area contributed by atoms with Crippen molar-refractivity contribution in [3.05, 3.63) is 70.8 Å². The third-order valence-electron chi connectivity index (χ3n) is 4.67. The molecule has 23 heavy (non-hydrogen) atoms. The topological polar surface area (TPSA) is 23.9 Å². The second kappa shape index (κ2) is 5.49. The summed E-state index contributed by atoms with van der Waals surface area (Å²) < 4.78 is 0. The fourth-order valence-corrected chi connectivity index (χ4v) is 3.43. The maximum absolute atomic E-state index is 8.84. The number of hydrogen-bond donors (Lipinski definition) is 1. The van der Waals surface area contributed by atoms with Gasteiger partial charge in [-0.3, -0.25) is 0 Å². The molecule has 0 aliphatic heterocycles. The minimum atomic E-state index is -0.173. The molecule has 2 aromatic carbocycles. The van der Waals surface area contributed by atoms with E-state index >= 15 is 0 Å². The molecule has 1 aliphatic rings. The van der Waals surface area contributed by atoms with Crippen LogP contribution in [0.25, 0.3) is 10.8 Å². The van der Waals surface area contributed by atoms with E-state index in [1.54, 1.807) is 0 Å². The van der Waals surface area contributed by atoms with E-state index in [2.05, 4.69) is 83.2 Å². The first-order chi connectivity index (χ1) is 10.8. The smallest absolute Gasteiger partial charge is 0.0448 e. The van der Waals surface area contributed by atoms with Crippen molar-refractivity contribution in [3.8, 4) is 0 Å². The molecule has 2 aromatic rings.